The molecule has 23 heavy (non-hydrogen) atoms. The average molecular weight is 334 g/mol. The first-order chi connectivity index (χ1) is 11.2. The van der Waals surface area contributed by atoms with Crippen molar-refractivity contribution in [1.82, 2.24) is 15.5 Å². The molecule has 0 bridgehead atoms. The van der Waals surface area contributed by atoms with Gasteiger partial charge in [-0.3, -0.25) is 4.79 Å². The smallest absolute Gasteiger partial charge is 0.249 e. The van der Waals surface area contributed by atoms with Gasteiger partial charge in [0.2, 0.25) is 17.7 Å². The molecule has 0 unspecified atom stereocenters. The van der Waals surface area contributed by atoms with E-state index in [2.05, 4.69) is 15.5 Å². The lowest BCUT2D eigenvalue weighted by atomic mass is 9.95. The molecule has 1 amide bonds. The van der Waals surface area contributed by atoms with Gasteiger partial charge in [-0.2, -0.15) is 0 Å². The van der Waals surface area contributed by atoms with Gasteiger partial charge in [0.15, 0.2) is 0 Å². The fourth-order valence-electron chi connectivity index (χ4n) is 2.87. The van der Waals surface area contributed by atoms with Gasteiger partial charge in [0.05, 0.1) is 10.6 Å². The van der Waals surface area contributed by atoms with E-state index in [9.17, 15) is 4.79 Å². The first kappa shape index (κ1) is 16.0. The van der Waals surface area contributed by atoms with Crippen LogP contribution in [0.25, 0.3) is 11.5 Å². The molecule has 0 atom stereocenters. The monoisotopic (exact) mass is 333 g/mol. The van der Waals surface area contributed by atoms with E-state index in [0.29, 0.717) is 41.3 Å². The van der Waals surface area contributed by atoms with Gasteiger partial charge in [0.25, 0.3) is 0 Å². The van der Waals surface area contributed by atoms with Gasteiger partial charge >= 0.3 is 0 Å². The number of rotatable bonds is 5. The van der Waals surface area contributed by atoms with E-state index < -0.39 is 0 Å². The molecule has 1 N–H and O–H groups in total. The Morgan fingerprint density at radius 3 is 2.78 bits per heavy atom. The maximum atomic E-state index is 12.0. The summed E-state index contributed by atoms with van der Waals surface area (Å²) in [6, 6.07) is 7.65. The topological polar surface area (TPSA) is 68.0 Å². The van der Waals surface area contributed by atoms with Crippen molar-refractivity contribution in [2.24, 2.45) is 0 Å². The summed E-state index contributed by atoms with van der Waals surface area (Å²) < 4.78 is 5.60. The third kappa shape index (κ3) is 4.32. The van der Waals surface area contributed by atoms with Crippen LogP contribution in [0.15, 0.2) is 28.7 Å². The normalized spacial score (nSPS) is 15.5. The van der Waals surface area contributed by atoms with E-state index >= 15 is 0 Å². The Labute approximate surface area is 140 Å². The Balaban J connectivity index is 1.53. The second-order valence-electron chi connectivity index (χ2n) is 5.88. The van der Waals surface area contributed by atoms with E-state index in [4.69, 9.17) is 16.0 Å². The van der Waals surface area contributed by atoms with Crippen molar-refractivity contribution in [2.75, 3.05) is 0 Å². The van der Waals surface area contributed by atoms with E-state index in [-0.39, 0.29) is 5.91 Å². The molecule has 0 radical (unpaired) electrons. The minimum absolute atomic E-state index is 0.0504. The van der Waals surface area contributed by atoms with Crippen LogP contribution in [0.3, 0.4) is 0 Å². The lowest BCUT2D eigenvalue weighted by Crippen LogP contribution is -2.36. The summed E-state index contributed by atoms with van der Waals surface area (Å²) in [4.78, 5) is 12.0. The van der Waals surface area contributed by atoms with Crippen LogP contribution >= 0.6 is 11.6 Å². The zero-order valence-corrected chi connectivity index (χ0v) is 13.7. The van der Waals surface area contributed by atoms with Gasteiger partial charge < -0.3 is 9.73 Å². The van der Waals surface area contributed by atoms with Crippen molar-refractivity contribution in [2.45, 2.75) is 51.0 Å². The highest BCUT2D eigenvalue weighted by atomic mass is 35.5. The van der Waals surface area contributed by atoms with Crippen LogP contribution in [-0.2, 0) is 11.2 Å². The van der Waals surface area contributed by atoms with Crippen molar-refractivity contribution >= 4 is 17.5 Å². The third-order valence-electron chi connectivity index (χ3n) is 4.11. The summed E-state index contributed by atoms with van der Waals surface area (Å²) in [7, 11) is 0. The van der Waals surface area contributed by atoms with Crippen molar-refractivity contribution in [3.8, 4) is 11.5 Å². The molecule has 0 aliphatic heterocycles. The fraction of sp³-hybridized carbons (Fsp3) is 0.471. The van der Waals surface area contributed by atoms with Gasteiger partial charge in [0.1, 0.15) is 0 Å². The van der Waals surface area contributed by atoms with E-state index in [1.807, 2.05) is 18.2 Å². The molecule has 1 aromatic heterocycles. The number of nitrogens with one attached hydrogen (secondary N) is 1. The first-order valence-electron chi connectivity index (χ1n) is 8.09. The molecule has 1 aliphatic carbocycles. The molecule has 1 aromatic carbocycles. The molecule has 1 heterocycles. The van der Waals surface area contributed by atoms with Gasteiger partial charge in [-0.25, -0.2) is 0 Å². The Morgan fingerprint density at radius 1 is 1.22 bits per heavy atom. The minimum Gasteiger partial charge on any atom is -0.421 e. The lowest BCUT2D eigenvalue weighted by molar-refractivity contribution is -0.122. The molecule has 6 heteroatoms. The van der Waals surface area contributed by atoms with Gasteiger partial charge in [-0.1, -0.05) is 43.0 Å². The van der Waals surface area contributed by atoms with E-state index in [1.165, 1.54) is 19.3 Å². The number of carbonyl (C=O) groups excluding carboxylic acids is 1. The molecule has 1 aliphatic rings. The SMILES string of the molecule is O=C(CCc1nnc(-c2ccccc2Cl)o1)NC1CCCCC1. The summed E-state index contributed by atoms with van der Waals surface area (Å²) in [6.07, 6.45) is 6.66. The molecule has 1 fully saturated rings. The number of amides is 1. The number of halogens is 1. The van der Waals surface area contributed by atoms with Crippen LogP contribution in [0, 0.1) is 0 Å². The summed E-state index contributed by atoms with van der Waals surface area (Å²) in [6.45, 7) is 0. The molecule has 5 nitrogen and oxygen atoms in total. The standard InChI is InChI=1S/C17H20ClN3O2/c18-14-9-5-4-8-13(14)17-21-20-16(23-17)11-10-15(22)19-12-6-2-1-3-7-12/h4-5,8-9,12H,1-3,6-7,10-11H2,(H,19,22). The Bertz CT molecular complexity index is 665. The number of carbonyl (C=O) groups is 1. The molecular weight excluding hydrogens is 314 g/mol. The molecule has 3 rings (SSSR count). The van der Waals surface area contributed by atoms with Crippen molar-refractivity contribution in [3.63, 3.8) is 0 Å². The van der Waals surface area contributed by atoms with Gasteiger partial charge in [-0.05, 0) is 25.0 Å². The third-order valence-corrected chi connectivity index (χ3v) is 4.44. The average Bonchev–Trinajstić information content (AvgIpc) is 3.03. The summed E-state index contributed by atoms with van der Waals surface area (Å²) in [5.41, 5.74) is 0.708. The van der Waals surface area contributed by atoms with Crippen LogP contribution in [0.4, 0.5) is 0 Å². The second-order valence-corrected chi connectivity index (χ2v) is 6.29. The largest absolute Gasteiger partial charge is 0.421 e. The van der Waals surface area contributed by atoms with E-state index in [0.717, 1.165) is 12.8 Å². The zero-order valence-electron chi connectivity index (χ0n) is 12.9. The summed E-state index contributed by atoms with van der Waals surface area (Å²) in [5.74, 6) is 0.895. The molecule has 0 spiro atoms. The van der Waals surface area contributed by atoms with E-state index in [1.54, 1.807) is 6.07 Å². The second kappa shape index (κ2) is 7.59. The predicted molar refractivity (Wildman–Crippen MR) is 88.1 cm³/mol. The highest BCUT2D eigenvalue weighted by Gasteiger charge is 2.17. The number of hydrogen-bond acceptors (Lipinski definition) is 4. The number of aryl methyl sites for hydroxylation is 1. The van der Waals surface area contributed by atoms with Gasteiger partial charge in [-0.15, -0.1) is 10.2 Å². The minimum atomic E-state index is 0.0504. The number of aromatic nitrogens is 2. The Hall–Kier alpha value is -1.88. The number of benzene rings is 1. The zero-order chi connectivity index (χ0) is 16.1. The predicted octanol–water partition coefficient (Wildman–Crippen LogP) is 3.77. The number of hydrogen-bond donors (Lipinski definition) is 1. The lowest BCUT2D eigenvalue weighted by Gasteiger charge is -2.22. The number of nitrogens with zero attached hydrogens (tertiary/aromatic N) is 2. The highest BCUT2D eigenvalue weighted by molar-refractivity contribution is 6.33. The van der Waals surface area contributed by atoms with Crippen LogP contribution in [0.2, 0.25) is 5.02 Å². The van der Waals surface area contributed by atoms with Crippen LogP contribution in [0.5, 0.6) is 0 Å². The maximum Gasteiger partial charge on any atom is 0.249 e. The van der Waals surface area contributed by atoms with Crippen molar-refractivity contribution in [1.29, 1.82) is 0 Å². The van der Waals surface area contributed by atoms with Crippen molar-refractivity contribution in [3.05, 3.63) is 35.2 Å². The maximum absolute atomic E-state index is 12.0. The van der Waals surface area contributed by atoms with Crippen LogP contribution in [0.1, 0.15) is 44.4 Å². The van der Waals surface area contributed by atoms with Crippen LogP contribution < -0.4 is 5.32 Å². The summed E-state index contributed by atoms with van der Waals surface area (Å²) >= 11 is 6.11. The van der Waals surface area contributed by atoms with Gasteiger partial charge in [0, 0.05) is 18.9 Å². The molecule has 122 valence electrons. The molecular formula is C17H20ClN3O2. The molecule has 1 saturated carbocycles. The quantitative estimate of drug-likeness (QED) is 0.904. The molecule has 2 aromatic rings. The fourth-order valence-corrected chi connectivity index (χ4v) is 3.08. The Kier molecular flexibility index (Phi) is 5.28. The Morgan fingerprint density at radius 2 is 2.00 bits per heavy atom. The molecule has 0 saturated heterocycles. The first-order valence-corrected chi connectivity index (χ1v) is 8.47. The van der Waals surface area contributed by atoms with Crippen LogP contribution in [-0.4, -0.2) is 22.1 Å². The summed E-state index contributed by atoms with van der Waals surface area (Å²) in [5, 5.41) is 11.7. The van der Waals surface area contributed by atoms with Crippen molar-refractivity contribution < 1.29 is 9.21 Å². The highest BCUT2D eigenvalue weighted by Crippen LogP contribution is 2.26.